The summed E-state index contributed by atoms with van der Waals surface area (Å²) < 4.78 is 58.4. The van der Waals surface area contributed by atoms with E-state index in [2.05, 4.69) is 25.5 Å². The Labute approximate surface area is 238 Å². The van der Waals surface area contributed by atoms with Gasteiger partial charge in [-0.15, -0.1) is 10.2 Å². The van der Waals surface area contributed by atoms with Crippen LogP contribution in [-0.2, 0) is 24.6 Å². The first-order valence-electron chi connectivity index (χ1n) is 13.4. The molecule has 2 aromatic heterocycles. The zero-order chi connectivity index (χ0) is 29.6. The van der Waals surface area contributed by atoms with Crippen molar-refractivity contribution < 1.29 is 22.4 Å². The third kappa shape index (κ3) is 5.25. The molecule has 3 heterocycles. The van der Waals surface area contributed by atoms with Gasteiger partial charge in [0.15, 0.2) is 5.82 Å². The molecule has 3 aromatic carbocycles. The van der Waals surface area contributed by atoms with Crippen molar-refractivity contribution in [3.8, 4) is 33.9 Å². The largest absolute Gasteiger partial charge is 0.418 e. The molecule has 12 heteroatoms. The lowest BCUT2D eigenvalue weighted by Gasteiger charge is -2.29. The standard InChI is InChI=1S/C30H27F4N7O/c1-40-10-4-7-24(29(40)42)35-15-17-11-23(30(32,33)34)26-25(12-17)37-27(38-26)19-6-3-5-18(13-19)21-9-8-20(31)14-22(21)28-39-36-16-41(28)2/h3,5-6,8-9,11-14,16,24,35H,4,7,10,15H2,1-2H3,(H,37,38)/t24-/m0/s1. The monoisotopic (exact) mass is 577 g/mol. The summed E-state index contributed by atoms with van der Waals surface area (Å²) in [5, 5.41) is 11.1. The molecular weight excluding hydrogens is 550 g/mol. The van der Waals surface area contributed by atoms with E-state index in [0.29, 0.717) is 46.6 Å². The van der Waals surface area contributed by atoms with Crippen molar-refractivity contribution in [2.45, 2.75) is 31.6 Å². The Hall–Kier alpha value is -4.58. The van der Waals surface area contributed by atoms with E-state index in [0.717, 1.165) is 12.5 Å². The number of nitrogens with zero attached hydrogens (tertiary/aromatic N) is 5. The van der Waals surface area contributed by atoms with Crippen molar-refractivity contribution in [3.63, 3.8) is 0 Å². The van der Waals surface area contributed by atoms with Crippen LogP contribution < -0.4 is 5.32 Å². The number of carbonyl (C=O) groups is 1. The number of alkyl halides is 3. The number of imidazole rings is 1. The molecule has 0 unspecified atom stereocenters. The summed E-state index contributed by atoms with van der Waals surface area (Å²) in [6.45, 7) is 0.761. The number of likely N-dealkylation sites (N-methyl/N-ethyl adjacent to an activating group) is 1. The number of aromatic nitrogens is 5. The summed E-state index contributed by atoms with van der Waals surface area (Å²) >= 11 is 0. The molecular formula is C30H27F4N7O. The molecule has 0 radical (unpaired) electrons. The van der Waals surface area contributed by atoms with Crippen molar-refractivity contribution in [2.75, 3.05) is 13.6 Å². The molecule has 5 aromatic rings. The minimum atomic E-state index is -4.63. The summed E-state index contributed by atoms with van der Waals surface area (Å²) in [4.78, 5) is 21.5. The minimum Gasteiger partial charge on any atom is -0.344 e. The maximum absolute atomic E-state index is 14.2. The number of amides is 1. The van der Waals surface area contributed by atoms with Gasteiger partial charge < -0.3 is 19.8 Å². The number of hydrogen-bond acceptors (Lipinski definition) is 5. The molecule has 0 bridgehead atoms. The molecule has 1 aliphatic rings. The summed E-state index contributed by atoms with van der Waals surface area (Å²) in [6.07, 6.45) is -1.65. The maximum atomic E-state index is 14.2. The van der Waals surface area contributed by atoms with Crippen molar-refractivity contribution >= 4 is 16.9 Å². The highest BCUT2D eigenvalue weighted by atomic mass is 19.4. The van der Waals surface area contributed by atoms with Crippen molar-refractivity contribution in [3.05, 3.63) is 77.9 Å². The molecule has 6 rings (SSSR count). The Balaban J connectivity index is 1.37. The van der Waals surface area contributed by atoms with Crippen LogP contribution in [0.2, 0.25) is 0 Å². The van der Waals surface area contributed by atoms with E-state index in [1.807, 2.05) is 6.07 Å². The molecule has 1 atom stereocenters. The van der Waals surface area contributed by atoms with E-state index in [-0.39, 0.29) is 29.3 Å². The van der Waals surface area contributed by atoms with Crippen LogP contribution in [0.25, 0.3) is 44.9 Å². The van der Waals surface area contributed by atoms with Crippen LogP contribution in [0.3, 0.4) is 0 Å². The van der Waals surface area contributed by atoms with Crippen LogP contribution >= 0.6 is 0 Å². The number of benzene rings is 3. The van der Waals surface area contributed by atoms with E-state index < -0.39 is 23.6 Å². The molecule has 0 spiro atoms. The lowest BCUT2D eigenvalue weighted by molar-refractivity contribution is -0.136. The number of fused-ring (bicyclic) bond motifs is 1. The third-order valence-electron chi connectivity index (χ3n) is 7.55. The van der Waals surface area contributed by atoms with Crippen LogP contribution in [0.5, 0.6) is 0 Å². The second-order valence-electron chi connectivity index (χ2n) is 10.5. The molecule has 8 nitrogen and oxygen atoms in total. The van der Waals surface area contributed by atoms with Gasteiger partial charge in [-0.05, 0) is 59.9 Å². The molecule has 1 aliphatic heterocycles. The van der Waals surface area contributed by atoms with E-state index in [9.17, 15) is 22.4 Å². The number of aromatic amines is 1. The fourth-order valence-corrected chi connectivity index (χ4v) is 5.41. The predicted molar refractivity (Wildman–Crippen MR) is 149 cm³/mol. The Kier molecular flexibility index (Phi) is 7.01. The highest BCUT2D eigenvalue weighted by molar-refractivity contribution is 5.86. The highest BCUT2D eigenvalue weighted by Crippen LogP contribution is 2.37. The number of piperidine rings is 1. The fraction of sp³-hybridized carbons (Fsp3) is 0.267. The van der Waals surface area contributed by atoms with Crippen LogP contribution in [0.15, 0.2) is 60.9 Å². The van der Waals surface area contributed by atoms with Crippen LogP contribution in [0.4, 0.5) is 17.6 Å². The van der Waals surface area contributed by atoms with Crippen molar-refractivity contribution in [1.82, 2.24) is 34.9 Å². The summed E-state index contributed by atoms with van der Waals surface area (Å²) in [6, 6.07) is 13.7. The zero-order valence-electron chi connectivity index (χ0n) is 22.8. The molecule has 2 N–H and O–H groups in total. The average Bonchev–Trinajstić information content (AvgIpc) is 3.59. The number of aryl methyl sites for hydroxylation is 1. The number of hydrogen-bond donors (Lipinski definition) is 2. The van der Waals surface area contributed by atoms with Gasteiger partial charge in [0.25, 0.3) is 0 Å². The highest BCUT2D eigenvalue weighted by Gasteiger charge is 2.35. The summed E-state index contributed by atoms with van der Waals surface area (Å²) in [5.74, 6) is 0.226. The van der Waals surface area contributed by atoms with Gasteiger partial charge in [0.1, 0.15) is 18.0 Å². The Morgan fingerprint density at radius 3 is 2.62 bits per heavy atom. The number of nitrogens with one attached hydrogen (secondary N) is 2. The molecule has 216 valence electrons. The van der Waals surface area contributed by atoms with Gasteiger partial charge in [-0.1, -0.05) is 24.3 Å². The van der Waals surface area contributed by atoms with Gasteiger partial charge in [0, 0.05) is 38.3 Å². The smallest absolute Gasteiger partial charge is 0.344 e. The second-order valence-corrected chi connectivity index (χ2v) is 10.5. The summed E-state index contributed by atoms with van der Waals surface area (Å²) in [5.41, 5.74) is 2.05. The molecule has 0 aliphatic carbocycles. The number of rotatable bonds is 6. The van der Waals surface area contributed by atoms with Crippen molar-refractivity contribution in [2.24, 2.45) is 7.05 Å². The van der Waals surface area contributed by atoms with Gasteiger partial charge in [-0.3, -0.25) is 4.79 Å². The Bertz CT molecular complexity index is 1790. The first-order valence-corrected chi connectivity index (χ1v) is 13.4. The number of carbonyl (C=O) groups excluding carboxylic acids is 1. The molecule has 42 heavy (non-hydrogen) atoms. The number of H-pyrrole nitrogens is 1. The Morgan fingerprint density at radius 1 is 1.05 bits per heavy atom. The lowest BCUT2D eigenvalue weighted by atomic mass is 9.97. The van der Waals surface area contributed by atoms with Crippen molar-refractivity contribution in [1.29, 1.82) is 0 Å². The van der Waals surface area contributed by atoms with E-state index >= 15 is 0 Å². The minimum absolute atomic E-state index is 0.0659. The molecule has 1 amide bonds. The van der Waals surface area contributed by atoms with E-state index in [4.69, 9.17) is 0 Å². The second kappa shape index (κ2) is 10.7. The first-order chi connectivity index (χ1) is 20.1. The van der Waals surface area contributed by atoms with E-state index in [1.54, 1.807) is 53.9 Å². The Morgan fingerprint density at radius 2 is 1.86 bits per heavy atom. The van der Waals surface area contributed by atoms with E-state index in [1.165, 1.54) is 18.5 Å². The van der Waals surface area contributed by atoms with Gasteiger partial charge in [-0.25, -0.2) is 9.37 Å². The average molecular weight is 578 g/mol. The van der Waals surface area contributed by atoms with Crippen LogP contribution in [0, 0.1) is 5.82 Å². The zero-order valence-corrected chi connectivity index (χ0v) is 22.8. The topological polar surface area (TPSA) is 91.7 Å². The van der Waals surface area contributed by atoms with Gasteiger partial charge >= 0.3 is 6.18 Å². The number of halogens is 4. The quantitative estimate of drug-likeness (QED) is 0.258. The first kappa shape index (κ1) is 27.6. The summed E-state index contributed by atoms with van der Waals surface area (Å²) in [7, 11) is 3.47. The van der Waals surface area contributed by atoms with Crippen LogP contribution in [-0.4, -0.2) is 55.2 Å². The predicted octanol–water partition coefficient (Wildman–Crippen LogP) is 5.56. The SMILES string of the molecule is CN1CCC[C@H](NCc2cc(C(F)(F)F)c3[nH]c(-c4cccc(-c5ccc(F)cc5-c5nncn5C)c4)nc3c2)C1=O. The maximum Gasteiger partial charge on any atom is 0.418 e. The van der Waals surface area contributed by atoms with Gasteiger partial charge in [-0.2, -0.15) is 13.2 Å². The molecule has 1 saturated heterocycles. The fourth-order valence-electron chi connectivity index (χ4n) is 5.41. The molecule has 0 saturated carbocycles. The van der Waals surface area contributed by atoms with Crippen LogP contribution in [0.1, 0.15) is 24.0 Å². The number of likely N-dealkylation sites (tertiary alicyclic amines) is 1. The molecule has 1 fully saturated rings. The van der Waals surface area contributed by atoms with Gasteiger partial charge in [0.05, 0.1) is 22.6 Å². The third-order valence-corrected chi connectivity index (χ3v) is 7.55. The lowest BCUT2D eigenvalue weighted by Crippen LogP contribution is -2.48. The van der Waals surface area contributed by atoms with Gasteiger partial charge in [0.2, 0.25) is 5.91 Å². The normalized spacial score (nSPS) is 16.0.